The molecule has 0 aliphatic carbocycles. The lowest BCUT2D eigenvalue weighted by Crippen LogP contribution is -2.49. The Labute approximate surface area is 143 Å². The van der Waals surface area contributed by atoms with Crippen LogP contribution in [0.3, 0.4) is 0 Å². The van der Waals surface area contributed by atoms with Crippen molar-refractivity contribution in [2.45, 2.75) is 6.42 Å². The highest BCUT2D eigenvalue weighted by molar-refractivity contribution is 6.30. The molecule has 1 aliphatic heterocycles. The first-order chi connectivity index (χ1) is 11.2. The molecule has 0 amide bonds. The maximum absolute atomic E-state index is 8.36. The molecule has 0 aromatic heterocycles. The molecule has 0 spiro atoms. The lowest BCUT2D eigenvalue weighted by atomic mass is 10.1. The van der Waals surface area contributed by atoms with Crippen molar-refractivity contribution in [2.75, 3.05) is 32.7 Å². The third-order valence-electron chi connectivity index (χ3n) is 4.37. The molecule has 0 bridgehead atoms. The van der Waals surface area contributed by atoms with Crippen molar-refractivity contribution >= 4 is 17.4 Å². The molecule has 1 heterocycles. The minimum atomic E-state index is 0.601. The summed E-state index contributed by atoms with van der Waals surface area (Å²) >= 11 is 5.92. The Kier molecular flexibility index (Phi) is 5.31. The molecule has 0 saturated carbocycles. The summed E-state index contributed by atoms with van der Waals surface area (Å²) < 4.78 is 0. The van der Waals surface area contributed by atoms with Crippen LogP contribution in [0, 0.1) is 5.41 Å². The number of benzene rings is 2. The number of nitrogens with zero attached hydrogens (tertiary/aromatic N) is 2. The zero-order valence-corrected chi connectivity index (χ0v) is 14.0. The van der Waals surface area contributed by atoms with E-state index in [0.717, 1.165) is 44.7 Å². The Bertz CT molecular complexity index is 631. The number of nitrogens with one attached hydrogen (secondary N) is 1. The number of hydrogen-bond donors (Lipinski definition) is 1. The minimum Gasteiger partial charge on any atom is -0.354 e. The molecule has 4 heteroatoms. The van der Waals surface area contributed by atoms with Crippen molar-refractivity contribution in [3.63, 3.8) is 0 Å². The molecule has 23 heavy (non-hydrogen) atoms. The smallest absolute Gasteiger partial charge is 0.128 e. The van der Waals surface area contributed by atoms with Crippen LogP contribution in [-0.2, 0) is 6.42 Å². The van der Waals surface area contributed by atoms with Crippen LogP contribution in [0.25, 0.3) is 0 Å². The van der Waals surface area contributed by atoms with Gasteiger partial charge in [-0.05, 0) is 36.2 Å². The van der Waals surface area contributed by atoms with E-state index in [9.17, 15) is 0 Å². The number of rotatable bonds is 4. The molecule has 0 atom stereocenters. The first-order valence-corrected chi connectivity index (χ1v) is 8.46. The van der Waals surface area contributed by atoms with Crippen molar-refractivity contribution in [1.29, 1.82) is 5.41 Å². The molecule has 1 fully saturated rings. The van der Waals surface area contributed by atoms with Gasteiger partial charge in [0, 0.05) is 43.3 Å². The average Bonchev–Trinajstić information content (AvgIpc) is 2.61. The maximum atomic E-state index is 8.36. The van der Waals surface area contributed by atoms with Crippen molar-refractivity contribution in [3.05, 3.63) is 70.7 Å². The van der Waals surface area contributed by atoms with Crippen LogP contribution in [0.15, 0.2) is 54.6 Å². The van der Waals surface area contributed by atoms with E-state index >= 15 is 0 Å². The van der Waals surface area contributed by atoms with Crippen LogP contribution in [0.1, 0.15) is 11.1 Å². The molecule has 2 aromatic carbocycles. The summed E-state index contributed by atoms with van der Waals surface area (Å²) in [6, 6.07) is 18.2. The van der Waals surface area contributed by atoms with E-state index in [2.05, 4.69) is 40.1 Å². The van der Waals surface area contributed by atoms with Crippen molar-refractivity contribution < 1.29 is 0 Å². The molecule has 0 unspecified atom stereocenters. The fourth-order valence-corrected chi connectivity index (χ4v) is 3.04. The third kappa shape index (κ3) is 4.34. The number of piperazine rings is 1. The Morgan fingerprint density at radius 3 is 2.22 bits per heavy atom. The topological polar surface area (TPSA) is 30.3 Å². The number of amidine groups is 1. The highest BCUT2D eigenvalue weighted by Gasteiger charge is 2.19. The fraction of sp³-hybridized carbons (Fsp3) is 0.316. The number of halogens is 1. The third-order valence-corrected chi connectivity index (χ3v) is 4.62. The average molecular weight is 328 g/mol. The molecule has 3 rings (SSSR count). The van der Waals surface area contributed by atoms with Crippen LogP contribution < -0.4 is 0 Å². The van der Waals surface area contributed by atoms with Crippen LogP contribution >= 0.6 is 11.6 Å². The predicted octanol–water partition coefficient (Wildman–Crippen LogP) is 3.53. The normalized spacial score (nSPS) is 15.6. The lowest BCUT2D eigenvalue weighted by Gasteiger charge is -2.36. The van der Waals surface area contributed by atoms with E-state index in [1.165, 1.54) is 5.56 Å². The van der Waals surface area contributed by atoms with Gasteiger partial charge < -0.3 is 4.90 Å². The van der Waals surface area contributed by atoms with Gasteiger partial charge in [-0.2, -0.15) is 0 Å². The minimum absolute atomic E-state index is 0.601. The van der Waals surface area contributed by atoms with Gasteiger partial charge in [0.05, 0.1) is 0 Å². The summed E-state index contributed by atoms with van der Waals surface area (Å²) in [4.78, 5) is 4.64. The van der Waals surface area contributed by atoms with E-state index in [1.54, 1.807) is 0 Å². The first-order valence-electron chi connectivity index (χ1n) is 8.08. The zero-order valence-electron chi connectivity index (χ0n) is 13.2. The Morgan fingerprint density at radius 2 is 1.57 bits per heavy atom. The molecule has 2 aromatic rings. The molecule has 0 radical (unpaired) electrons. The van der Waals surface area contributed by atoms with Crippen molar-refractivity contribution in [1.82, 2.24) is 9.80 Å². The molecule has 3 nitrogen and oxygen atoms in total. The summed E-state index contributed by atoms with van der Waals surface area (Å²) in [5.74, 6) is 0.601. The van der Waals surface area contributed by atoms with Gasteiger partial charge >= 0.3 is 0 Å². The van der Waals surface area contributed by atoms with Gasteiger partial charge in [-0.3, -0.25) is 10.3 Å². The summed E-state index contributed by atoms with van der Waals surface area (Å²) in [5, 5.41) is 9.08. The Morgan fingerprint density at radius 1 is 0.913 bits per heavy atom. The highest BCUT2D eigenvalue weighted by Crippen LogP contribution is 2.13. The van der Waals surface area contributed by atoms with E-state index in [1.807, 2.05) is 24.3 Å². The predicted molar refractivity (Wildman–Crippen MR) is 96.4 cm³/mol. The van der Waals surface area contributed by atoms with Crippen LogP contribution in [-0.4, -0.2) is 48.4 Å². The fourth-order valence-electron chi connectivity index (χ4n) is 2.92. The summed E-state index contributed by atoms with van der Waals surface area (Å²) in [6.45, 7) is 4.95. The maximum Gasteiger partial charge on any atom is 0.128 e. The number of hydrogen-bond acceptors (Lipinski definition) is 2. The molecule has 1 aliphatic rings. The first kappa shape index (κ1) is 16.0. The summed E-state index contributed by atoms with van der Waals surface area (Å²) in [7, 11) is 0. The van der Waals surface area contributed by atoms with Crippen LogP contribution in [0.4, 0.5) is 0 Å². The summed E-state index contributed by atoms with van der Waals surface area (Å²) in [6.07, 6.45) is 1.09. The van der Waals surface area contributed by atoms with Gasteiger partial charge in [0.15, 0.2) is 0 Å². The Balaban J connectivity index is 1.48. The second kappa shape index (κ2) is 7.62. The van der Waals surface area contributed by atoms with Crippen LogP contribution in [0.2, 0.25) is 5.02 Å². The van der Waals surface area contributed by atoms with Gasteiger partial charge in [0.25, 0.3) is 0 Å². The van der Waals surface area contributed by atoms with Crippen molar-refractivity contribution in [3.8, 4) is 0 Å². The van der Waals surface area contributed by atoms with Gasteiger partial charge in [-0.1, -0.05) is 41.9 Å². The molecule has 1 saturated heterocycles. The highest BCUT2D eigenvalue weighted by atomic mass is 35.5. The van der Waals surface area contributed by atoms with Crippen LogP contribution in [0.5, 0.6) is 0 Å². The van der Waals surface area contributed by atoms with E-state index in [0.29, 0.717) is 10.9 Å². The molecule has 120 valence electrons. The van der Waals surface area contributed by atoms with E-state index < -0.39 is 0 Å². The Hall–Kier alpha value is -1.84. The van der Waals surface area contributed by atoms with E-state index in [4.69, 9.17) is 17.0 Å². The SMILES string of the molecule is N=C(c1ccc(Cl)cc1)N1CCN(CCc2ccccc2)CC1. The van der Waals surface area contributed by atoms with Crippen molar-refractivity contribution in [2.24, 2.45) is 0 Å². The summed E-state index contributed by atoms with van der Waals surface area (Å²) in [5.41, 5.74) is 2.33. The molecular formula is C19H22ClN3. The van der Waals surface area contributed by atoms with Gasteiger partial charge in [0.2, 0.25) is 0 Å². The van der Waals surface area contributed by atoms with Gasteiger partial charge in [-0.15, -0.1) is 0 Å². The van der Waals surface area contributed by atoms with E-state index in [-0.39, 0.29) is 0 Å². The molecular weight excluding hydrogens is 306 g/mol. The second-order valence-corrected chi connectivity index (χ2v) is 6.36. The monoisotopic (exact) mass is 327 g/mol. The largest absolute Gasteiger partial charge is 0.354 e. The van der Waals surface area contributed by atoms with Gasteiger partial charge in [0.1, 0.15) is 5.84 Å². The zero-order chi connectivity index (χ0) is 16.1. The second-order valence-electron chi connectivity index (χ2n) is 5.92. The quantitative estimate of drug-likeness (QED) is 0.688. The molecule has 1 N–H and O–H groups in total. The lowest BCUT2D eigenvalue weighted by molar-refractivity contribution is 0.183. The van der Waals surface area contributed by atoms with Gasteiger partial charge in [-0.25, -0.2) is 0 Å². The standard InChI is InChI=1S/C19H22ClN3/c20-18-8-6-17(7-9-18)19(21)23-14-12-22(13-15-23)11-10-16-4-2-1-3-5-16/h1-9,21H,10-15H2.